The zero-order valence-electron chi connectivity index (χ0n) is 15.0. The van der Waals surface area contributed by atoms with Crippen LogP contribution in [0.25, 0.3) is 10.9 Å². The summed E-state index contributed by atoms with van der Waals surface area (Å²) in [4.78, 5) is 0. The summed E-state index contributed by atoms with van der Waals surface area (Å²) in [6.45, 7) is 0.189. The molecule has 2 N–H and O–H groups in total. The minimum Gasteiger partial charge on any atom is -0.369 e. The Kier molecular flexibility index (Phi) is 5.04. The van der Waals surface area contributed by atoms with Gasteiger partial charge >= 0.3 is 12.4 Å². The predicted molar refractivity (Wildman–Crippen MR) is 93.7 cm³/mol. The number of hydrogen-bond donors (Lipinski definition) is 2. The van der Waals surface area contributed by atoms with E-state index in [0.717, 1.165) is 28.1 Å². The van der Waals surface area contributed by atoms with E-state index >= 15 is 0 Å². The van der Waals surface area contributed by atoms with Crippen LogP contribution in [0.3, 0.4) is 0 Å². The highest BCUT2D eigenvalue weighted by molar-refractivity contribution is 5.83. The van der Waals surface area contributed by atoms with Gasteiger partial charge in [0.15, 0.2) is 0 Å². The van der Waals surface area contributed by atoms with Crippen LogP contribution in [0.5, 0.6) is 0 Å². The van der Waals surface area contributed by atoms with Crippen LogP contribution in [0.4, 0.5) is 32.0 Å². The maximum absolute atomic E-state index is 13.0. The second-order valence-corrected chi connectivity index (χ2v) is 6.61. The van der Waals surface area contributed by atoms with E-state index in [4.69, 9.17) is 0 Å². The lowest BCUT2D eigenvalue weighted by Gasteiger charge is -2.32. The predicted octanol–water partition coefficient (Wildman–Crippen LogP) is 4.83. The summed E-state index contributed by atoms with van der Waals surface area (Å²) in [5.41, 5.74) is -4.47. The molecule has 0 saturated heterocycles. The molecule has 0 fully saturated rings. The quantitative estimate of drug-likeness (QED) is 0.472. The molecule has 0 spiro atoms. The first-order valence-corrected chi connectivity index (χ1v) is 8.31. The number of halogens is 6. The van der Waals surface area contributed by atoms with Crippen molar-refractivity contribution in [1.82, 2.24) is 4.57 Å². The Morgan fingerprint density at radius 3 is 2.00 bits per heavy atom. The first-order chi connectivity index (χ1) is 13.3. The molecule has 10 heteroatoms. The van der Waals surface area contributed by atoms with Crippen molar-refractivity contribution in [2.24, 2.45) is 0 Å². The molecule has 0 unspecified atom stereocenters. The van der Waals surface area contributed by atoms with Gasteiger partial charge in [0.25, 0.3) is 5.60 Å². The van der Waals surface area contributed by atoms with E-state index < -0.39 is 23.5 Å². The third-order valence-electron chi connectivity index (χ3n) is 4.67. The Balaban J connectivity index is 1.91. The zero-order valence-corrected chi connectivity index (χ0v) is 15.0. The minimum atomic E-state index is -5.92. The first kappa shape index (κ1) is 21.0. The van der Waals surface area contributed by atoms with Gasteiger partial charge in [-0.05, 0) is 29.8 Å². The van der Waals surface area contributed by atoms with Gasteiger partial charge in [-0.2, -0.15) is 26.3 Å². The Morgan fingerprint density at radius 1 is 0.897 bits per heavy atom. The second-order valence-electron chi connectivity index (χ2n) is 6.61. The van der Waals surface area contributed by atoms with E-state index in [-0.39, 0.29) is 6.54 Å². The van der Waals surface area contributed by atoms with Crippen molar-refractivity contribution in [3.63, 3.8) is 0 Å². The number of benzene rings is 2. The summed E-state index contributed by atoms with van der Waals surface area (Å²) < 4.78 is 79.5. The molecule has 0 aliphatic carbocycles. The molecule has 0 radical (unpaired) electrons. The second kappa shape index (κ2) is 6.96. The number of alkyl halides is 6. The van der Waals surface area contributed by atoms with Crippen LogP contribution in [-0.4, -0.2) is 34.3 Å². The highest BCUT2D eigenvalue weighted by atomic mass is 19.4. The standard InChI is InChI=1S/C19H16F6N2O2/c1-26(29)15-6-7-16-13(10-15)8-9-27(16)11-12-2-4-14(5-3-12)17(28,18(20,21)22)19(23,24)25/h2-10,28-29H,11H2,1H3. The highest BCUT2D eigenvalue weighted by Gasteiger charge is 2.71. The molecule has 0 aliphatic heterocycles. The SMILES string of the molecule is CN(O)c1ccc2c(ccn2Cc2ccc(C(O)(C(F)(F)F)C(F)(F)F)cc2)c1. The molecule has 4 nitrogen and oxygen atoms in total. The molecule has 1 aromatic heterocycles. The number of aromatic nitrogens is 1. The zero-order chi connectivity index (χ0) is 21.6. The Hall–Kier alpha value is -2.72. The maximum Gasteiger partial charge on any atom is 0.430 e. The molecule has 29 heavy (non-hydrogen) atoms. The van der Waals surface area contributed by atoms with Crippen molar-refractivity contribution in [3.8, 4) is 0 Å². The van der Waals surface area contributed by atoms with E-state index in [9.17, 15) is 36.7 Å². The van der Waals surface area contributed by atoms with Gasteiger partial charge in [-0.25, -0.2) is 0 Å². The van der Waals surface area contributed by atoms with Crippen molar-refractivity contribution >= 4 is 16.6 Å². The number of nitrogens with zero attached hydrogens (tertiary/aromatic N) is 2. The van der Waals surface area contributed by atoms with Crippen LogP contribution in [0.1, 0.15) is 11.1 Å². The summed E-state index contributed by atoms with van der Waals surface area (Å²) in [5.74, 6) is 0. The van der Waals surface area contributed by atoms with Crippen molar-refractivity contribution in [3.05, 3.63) is 65.9 Å². The van der Waals surface area contributed by atoms with Crippen LogP contribution in [0, 0.1) is 0 Å². The van der Waals surface area contributed by atoms with Gasteiger partial charge in [0.1, 0.15) is 0 Å². The summed E-state index contributed by atoms with van der Waals surface area (Å²) >= 11 is 0. The largest absolute Gasteiger partial charge is 0.430 e. The van der Waals surface area contributed by atoms with Crippen molar-refractivity contribution in [2.45, 2.75) is 24.5 Å². The number of fused-ring (bicyclic) bond motifs is 1. The van der Waals surface area contributed by atoms with Gasteiger partial charge in [-0.15, -0.1) is 0 Å². The third kappa shape index (κ3) is 3.65. The molecule has 0 bridgehead atoms. The van der Waals surface area contributed by atoms with Crippen LogP contribution >= 0.6 is 0 Å². The topological polar surface area (TPSA) is 48.6 Å². The van der Waals surface area contributed by atoms with E-state index in [0.29, 0.717) is 23.4 Å². The van der Waals surface area contributed by atoms with Crippen LogP contribution in [-0.2, 0) is 12.1 Å². The average Bonchev–Trinajstić information content (AvgIpc) is 3.02. The summed E-state index contributed by atoms with van der Waals surface area (Å²) in [5, 5.41) is 20.7. The molecule has 0 saturated carbocycles. The number of anilines is 1. The van der Waals surface area contributed by atoms with Gasteiger partial charge in [0, 0.05) is 36.3 Å². The molecule has 3 rings (SSSR count). The number of hydrogen-bond acceptors (Lipinski definition) is 3. The summed E-state index contributed by atoms with van der Waals surface area (Å²) in [6, 6.07) is 10.4. The van der Waals surface area contributed by atoms with Crippen molar-refractivity contribution in [2.75, 3.05) is 12.1 Å². The average molecular weight is 418 g/mol. The molecular formula is C19H16F6N2O2. The third-order valence-corrected chi connectivity index (χ3v) is 4.67. The van der Waals surface area contributed by atoms with E-state index in [1.165, 1.54) is 7.05 Å². The number of hydroxylamine groups is 1. The monoisotopic (exact) mass is 418 g/mol. The van der Waals surface area contributed by atoms with Crippen LogP contribution in [0.2, 0.25) is 0 Å². The number of rotatable bonds is 4. The van der Waals surface area contributed by atoms with Crippen LogP contribution < -0.4 is 5.06 Å². The van der Waals surface area contributed by atoms with E-state index in [1.807, 2.05) is 0 Å². The van der Waals surface area contributed by atoms with E-state index in [2.05, 4.69) is 0 Å². The molecule has 0 atom stereocenters. The smallest absolute Gasteiger partial charge is 0.369 e. The molecule has 156 valence electrons. The lowest BCUT2D eigenvalue weighted by atomic mass is 9.91. The fourth-order valence-corrected chi connectivity index (χ4v) is 3.06. The van der Waals surface area contributed by atoms with Gasteiger partial charge < -0.3 is 9.67 Å². The Labute approximate surface area is 161 Å². The Bertz CT molecular complexity index is 992. The van der Waals surface area contributed by atoms with Crippen LogP contribution in [0.15, 0.2) is 54.7 Å². The molecule has 0 amide bonds. The first-order valence-electron chi connectivity index (χ1n) is 8.31. The molecular weight excluding hydrogens is 402 g/mol. The normalized spacial score (nSPS) is 13.1. The maximum atomic E-state index is 13.0. The Morgan fingerprint density at radius 2 is 1.48 bits per heavy atom. The molecule has 2 aromatic carbocycles. The molecule has 0 aliphatic rings. The van der Waals surface area contributed by atoms with Gasteiger partial charge in [0.05, 0.1) is 5.69 Å². The van der Waals surface area contributed by atoms with E-state index in [1.54, 1.807) is 35.0 Å². The van der Waals surface area contributed by atoms with Crippen molar-refractivity contribution < 1.29 is 36.7 Å². The molecule has 1 heterocycles. The highest BCUT2D eigenvalue weighted by Crippen LogP contribution is 2.49. The minimum absolute atomic E-state index is 0.189. The van der Waals surface area contributed by atoms with Gasteiger partial charge in [-0.3, -0.25) is 10.3 Å². The fraction of sp³-hybridized carbons (Fsp3) is 0.263. The van der Waals surface area contributed by atoms with Gasteiger partial charge in [0.2, 0.25) is 0 Å². The van der Waals surface area contributed by atoms with Crippen molar-refractivity contribution in [1.29, 1.82) is 0 Å². The van der Waals surface area contributed by atoms with Gasteiger partial charge in [-0.1, -0.05) is 24.3 Å². The lowest BCUT2D eigenvalue weighted by Crippen LogP contribution is -2.53. The fourth-order valence-electron chi connectivity index (χ4n) is 3.06. The lowest BCUT2D eigenvalue weighted by molar-refractivity contribution is -0.376. The summed E-state index contributed by atoms with van der Waals surface area (Å²) in [6.07, 6.45) is -10.1. The summed E-state index contributed by atoms with van der Waals surface area (Å²) in [7, 11) is 1.46. The number of aliphatic hydroxyl groups is 1. The molecule has 3 aromatic rings.